The minimum atomic E-state index is -1.78. The molecule has 0 aromatic rings. The van der Waals surface area contributed by atoms with Crippen molar-refractivity contribution in [2.45, 2.75) is 109 Å². The second-order valence-electron chi connectivity index (χ2n) is 12.3. The van der Waals surface area contributed by atoms with Crippen molar-refractivity contribution in [3.63, 3.8) is 0 Å². The van der Waals surface area contributed by atoms with E-state index in [2.05, 4.69) is 16.0 Å². The summed E-state index contributed by atoms with van der Waals surface area (Å²) < 4.78 is 0. The average Bonchev–Trinajstić information content (AvgIpc) is 3.63. The molecule has 3 rings (SSSR count). The molecule has 3 saturated carbocycles. The lowest BCUT2D eigenvalue weighted by Crippen LogP contribution is -2.60. The van der Waals surface area contributed by atoms with Crippen LogP contribution in [0, 0.1) is 29.6 Å². The number of nitrogens with two attached hydrogens (primary N) is 1. The fraction of sp³-hybridized carbons (Fsp3) is 0.786. The lowest BCUT2D eigenvalue weighted by Gasteiger charge is -2.32. The van der Waals surface area contributed by atoms with Gasteiger partial charge in [0.15, 0.2) is 0 Å². The summed E-state index contributed by atoms with van der Waals surface area (Å²) in [6.07, 6.45) is 7.41. The first-order valence-corrected chi connectivity index (χ1v) is 14.5. The molecule has 0 aliphatic heterocycles. The summed E-state index contributed by atoms with van der Waals surface area (Å²) in [6, 6.07) is -2.09. The Morgan fingerprint density at radius 3 is 1.95 bits per heavy atom. The van der Waals surface area contributed by atoms with Gasteiger partial charge in [0.1, 0.15) is 17.6 Å². The number of aliphatic carboxylic acids is 2. The van der Waals surface area contributed by atoms with E-state index in [1.165, 1.54) is 0 Å². The predicted molar refractivity (Wildman–Crippen MR) is 143 cm³/mol. The highest BCUT2D eigenvalue weighted by molar-refractivity contribution is 6.03. The molecule has 0 heterocycles. The highest BCUT2D eigenvalue weighted by Gasteiger charge is 2.65. The molecule has 4 amide bonds. The third kappa shape index (κ3) is 7.72. The zero-order chi connectivity index (χ0) is 29.6. The minimum absolute atomic E-state index is 0.0160. The molecule has 40 heavy (non-hydrogen) atoms. The van der Waals surface area contributed by atoms with Crippen LogP contribution in [0.3, 0.4) is 0 Å². The van der Waals surface area contributed by atoms with Crippen molar-refractivity contribution in [2.75, 3.05) is 0 Å². The van der Waals surface area contributed by atoms with Crippen molar-refractivity contribution in [1.29, 1.82) is 0 Å². The molecule has 3 aliphatic rings. The van der Waals surface area contributed by atoms with Gasteiger partial charge < -0.3 is 31.9 Å². The Bertz CT molecular complexity index is 995. The van der Waals surface area contributed by atoms with Crippen LogP contribution >= 0.6 is 0 Å². The molecule has 7 N–H and O–H groups in total. The Balaban J connectivity index is 1.81. The number of carbonyl (C=O) groups is 6. The van der Waals surface area contributed by atoms with Gasteiger partial charge in [-0.25, -0.2) is 0 Å². The van der Waals surface area contributed by atoms with Crippen molar-refractivity contribution < 1.29 is 39.0 Å². The van der Waals surface area contributed by atoms with Crippen LogP contribution in [0.2, 0.25) is 0 Å². The summed E-state index contributed by atoms with van der Waals surface area (Å²) in [6.45, 7) is 3.69. The molecule has 0 saturated heterocycles. The zero-order valence-electron chi connectivity index (χ0n) is 23.4. The number of hydrogen-bond donors (Lipinski definition) is 6. The van der Waals surface area contributed by atoms with Gasteiger partial charge in [0, 0.05) is 0 Å². The van der Waals surface area contributed by atoms with Crippen LogP contribution in [0.5, 0.6) is 0 Å². The molecule has 0 bridgehead atoms. The van der Waals surface area contributed by atoms with Crippen LogP contribution < -0.4 is 21.7 Å². The van der Waals surface area contributed by atoms with Crippen LogP contribution in [0.25, 0.3) is 0 Å². The number of carbonyl (C=O) groups excluding carboxylic acids is 4. The van der Waals surface area contributed by atoms with Crippen LogP contribution in [-0.2, 0) is 28.8 Å². The number of nitrogens with one attached hydrogen (secondary N) is 3. The monoisotopic (exact) mass is 564 g/mol. The first kappa shape index (κ1) is 31.3. The zero-order valence-corrected chi connectivity index (χ0v) is 23.4. The van der Waals surface area contributed by atoms with Crippen LogP contribution in [-0.4, -0.2) is 63.4 Å². The van der Waals surface area contributed by atoms with E-state index in [9.17, 15) is 39.0 Å². The molecule has 0 aromatic heterocycles. The van der Waals surface area contributed by atoms with Gasteiger partial charge in [-0.1, -0.05) is 58.8 Å². The van der Waals surface area contributed by atoms with Crippen molar-refractivity contribution >= 4 is 35.6 Å². The molecule has 2 unspecified atom stereocenters. The fourth-order valence-electron chi connectivity index (χ4n) is 6.33. The van der Waals surface area contributed by atoms with Gasteiger partial charge in [-0.05, 0) is 43.9 Å². The van der Waals surface area contributed by atoms with E-state index in [0.717, 1.165) is 32.1 Å². The summed E-state index contributed by atoms with van der Waals surface area (Å²) in [5, 5.41) is 27.2. The van der Waals surface area contributed by atoms with Crippen molar-refractivity contribution in [1.82, 2.24) is 16.0 Å². The molecule has 3 fully saturated rings. The molecule has 6 atom stereocenters. The second kappa shape index (κ2) is 13.5. The Morgan fingerprint density at radius 1 is 0.825 bits per heavy atom. The smallest absolute Gasteiger partial charge is 0.309 e. The predicted octanol–water partition coefficient (Wildman–Crippen LogP) is 1.31. The van der Waals surface area contributed by atoms with E-state index in [0.29, 0.717) is 32.1 Å². The first-order chi connectivity index (χ1) is 18.9. The number of carboxylic acid groups (broad SMARTS) is 2. The lowest BCUT2D eigenvalue weighted by molar-refractivity contribution is -0.149. The summed E-state index contributed by atoms with van der Waals surface area (Å²) >= 11 is 0. The summed E-state index contributed by atoms with van der Waals surface area (Å²) in [7, 11) is 0. The van der Waals surface area contributed by atoms with Gasteiger partial charge in [-0.3, -0.25) is 28.8 Å². The molecule has 12 heteroatoms. The van der Waals surface area contributed by atoms with Gasteiger partial charge in [0.2, 0.25) is 23.6 Å². The van der Waals surface area contributed by atoms with Crippen molar-refractivity contribution in [3.8, 4) is 0 Å². The van der Waals surface area contributed by atoms with Crippen LogP contribution in [0.15, 0.2) is 0 Å². The van der Waals surface area contributed by atoms with E-state index in [4.69, 9.17) is 5.73 Å². The molecule has 0 spiro atoms. The van der Waals surface area contributed by atoms with Gasteiger partial charge in [-0.15, -0.1) is 0 Å². The molecular formula is C28H44N4O8. The van der Waals surface area contributed by atoms with E-state index in [-0.39, 0.29) is 24.7 Å². The molecule has 0 aromatic carbocycles. The highest BCUT2D eigenvalue weighted by Crippen LogP contribution is 2.44. The van der Waals surface area contributed by atoms with Gasteiger partial charge in [0.25, 0.3) is 0 Å². The maximum absolute atomic E-state index is 13.7. The van der Waals surface area contributed by atoms with Crippen molar-refractivity contribution in [2.24, 2.45) is 35.3 Å². The van der Waals surface area contributed by atoms with Crippen molar-refractivity contribution in [3.05, 3.63) is 0 Å². The minimum Gasteiger partial charge on any atom is -0.481 e. The molecule has 0 radical (unpaired) electrons. The molecule has 224 valence electrons. The second-order valence-corrected chi connectivity index (χ2v) is 12.3. The number of primary amides is 1. The standard InChI is InChI=1S/C28H44N4O8/c1-15(2)12-20(22(29)33)31-27(40)28(14-19(28)26(38)39)32-24(35)21(13-16-8-4-3-5-9-16)30-23(34)17-10-6-7-11-18(17)25(36)37/h15-21H,3-14H2,1-2H3,(H2,29,33)(H,30,34)(H,31,40)(H,32,35)(H,36,37)(H,38,39)/t17-,18-,19?,20+,21+,28?/m1/s1. The van der Waals surface area contributed by atoms with Crippen LogP contribution in [0.1, 0.15) is 90.9 Å². The van der Waals surface area contributed by atoms with Crippen LogP contribution in [0.4, 0.5) is 0 Å². The maximum Gasteiger partial charge on any atom is 0.309 e. The van der Waals surface area contributed by atoms with Gasteiger partial charge >= 0.3 is 11.9 Å². The lowest BCUT2D eigenvalue weighted by atomic mass is 9.78. The number of amides is 4. The fourth-order valence-corrected chi connectivity index (χ4v) is 6.33. The first-order valence-electron chi connectivity index (χ1n) is 14.5. The molecule has 12 nitrogen and oxygen atoms in total. The Morgan fingerprint density at radius 2 is 1.43 bits per heavy atom. The summed E-state index contributed by atoms with van der Waals surface area (Å²) in [4.78, 5) is 75.9. The molecule has 3 aliphatic carbocycles. The third-order valence-electron chi connectivity index (χ3n) is 8.71. The number of rotatable bonds is 13. The van der Waals surface area contributed by atoms with Gasteiger partial charge in [-0.2, -0.15) is 0 Å². The topological polar surface area (TPSA) is 205 Å². The van der Waals surface area contributed by atoms with E-state index in [1.807, 2.05) is 13.8 Å². The van der Waals surface area contributed by atoms with E-state index in [1.54, 1.807) is 0 Å². The third-order valence-corrected chi connectivity index (χ3v) is 8.71. The quantitative estimate of drug-likeness (QED) is 0.192. The number of carboxylic acids is 2. The normalized spacial score (nSPS) is 28.1. The Hall–Kier alpha value is -3.18. The SMILES string of the molecule is CC(C)C[C@H](NC(=O)C1(NC(=O)[C@H](CC2CCCCC2)NC(=O)[C@@H]2CCCC[C@H]2C(=O)O)CC1C(=O)O)C(N)=O. The molecular weight excluding hydrogens is 520 g/mol. The largest absolute Gasteiger partial charge is 0.481 e. The Kier molecular flexibility index (Phi) is 10.5. The summed E-state index contributed by atoms with van der Waals surface area (Å²) in [5.41, 5.74) is 3.68. The van der Waals surface area contributed by atoms with E-state index < -0.39 is 70.9 Å². The van der Waals surface area contributed by atoms with Gasteiger partial charge in [0.05, 0.1) is 17.8 Å². The Labute approximate surface area is 234 Å². The van der Waals surface area contributed by atoms with E-state index >= 15 is 0 Å². The highest BCUT2D eigenvalue weighted by atomic mass is 16.4. The summed E-state index contributed by atoms with van der Waals surface area (Å²) in [5.74, 6) is -7.75. The number of hydrogen-bond acceptors (Lipinski definition) is 6. The maximum atomic E-state index is 13.7. The average molecular weight is 565 g/mol.